The van der Waals surface area contributed by atoms with E-state index in [0.29, 0.717) is 12.4 Å². The third-order valence-corrected chi connectivity index (χ3v) is 4.77. The molecule has 1 aromatic carbocycles. The summed E-state index contributed by atoms with van der Waals surface area (Å²) in [5, 5.41) is 0.975. The minimum absolute atomic E-state index is 0.0777. The average Bonchev–Trinajstić information content (AvgIpc) is 2.41. The van der Waals surface area contributed by atoms with Gasteiger partial charge in [0.25, 0.3) is 0 Å². The van der Waals surface area contributed by atoms with Gasteiger partial charge in [-0.1, -0.05) is 27.5 Å². The van der Waals surface area contributed by atoms with Crippen molar-refractivity contribution in [2.75, 3.05) is 25.2 Å². The van der Waals surface area contributed by atoms with E-state index in [9.17, 15) is 4.39 Å². The Balaban J connectivity index is 1.98. The van der Waals surface area contributed by atoms with Crippen molar-refractivity contribution in [3.05, 3.63) is 29.0 Å². The smallest absolute Gasteiger partial charge is 0.145 e. The molecule has 0 aliphatic carbocycles. The Labute approximate surface area is 120 Å². The van der Waals surface area contributed by atoms with Crippen LogP contribution < -0.4 is 4.74 Å². The van der Waals surface area contributed by atoms with Crippen LogP contribution in [0.5, 0.6) is 5.75 Å². The van der Waals surface area contributed by atoms with Crippen LogP contribution >= 0.6 is 27.5 Å². The third kappa shape index (κ3) is 3.37. The minimum atomic E-state index is -0.450. The van der Waals surface area contributed by atoms with E-state index < -0.39 is 5.82 Å². The molecule has 1 aliphatic heterocycles. The molecule has 1 aromatic rings. The number of benzene rings is 1. The summed E-state index contributed by atoms with van der Waals surface area (Å²) in [6.45, 7) is 2.07. The van der Waals surface area contributed by atoms with Crippen molar-refractivity contribution in [2.24, 2.45) is 5.41 Å². The van der Waals surface area contributed by atoms with E-state index in [1.165, 1.54) is 12.1 Å². The van der Waals surface area contributed by atoms with E-state index in [-0.39, 0.29) is 10.4 Å². The molecule has 0 saturated carbocycles. The molecule has 0 amide bonds. The lowest BCUT2D eigenvalue weighted by Crippen LogP contribution is -2.36. The number of rotatable bonds is 4. The molecule has 0 unspecified atom stereocenters. The maximum Gasteiger partial charge on any atom is 0.145 e. The second kappa shape index (κ2) is 6.22. The van der Waals surface area contributed by atoms with Gasteiger partial charge in [0, 0.05) is 30.0 Å². The van der Waals surface area contributed by atoms with Gasteiger partial charge in [-0.05, 0) is 25.0 Å². The first-order valence-corrected chi connectivity index (χ1v) is 7.37. The first kappa shape index (κ1) is 14.1. The molecule has 5 heteroatoms. The van der Waals surface area contributed by atoms with Gasteiger partial charge in [0.15, 0.2) is 0 Å². The van der Waals surface area contributed by atoms with Gasteiger partial charge in [0.1, 0.15) is 11.6 Å². The van der Waals surface area contributed by atoms with Crippen molar-refractivity contribution in [3.63, 3.8) is 0 Å². The molecule has 100 valence electrons. The monoisotopic (exact) mass is 336 g/mol. The Morgan fingerprint density at radius 1 is 1.39 bits per heavy atom. The van der Waals surface area contributed by atoms with E-state index in [0.717, 1.165) is 31.4 Å². The van der Waals surface area contributed by atoms with Crippen LogP contribution in [0.2, 0.25) is 5.02 Å². The lowest BCUT2D eigenvalue weighted by atomic mass is 9.83. The van der Waals surface area contributed by atoms with E-state index in [1.54, 1.807) is 6.07 Å². The number of ether oxygens (including phenoxy) is 2. The van der Waals surface area contributed by atoms with E-state index in [2.05, 4.69) is 15.9 Å². The highest BCUT2D eigenvalue weighted by Crippen LogP contribution is 2.33. The standard InChI is InChI=1S/C13H15BrClFO2/c14-8-13(3-5-17-6-4-13)9-18-10-1-2-11(15)12(16)7-10/h1-2,7H,3-6,8-9H2. The maximum absolute atomic E-state index is 13.3. The second-order valence-electron chi connectivity index (χ2n) is 4.61. The fraction of sp³-hybridized carbons (Fsp3) is 0.538. The van der Waals surface area contributed by atoms with Gasteiger partial charge in [-0.25, -0.2) is 4.39 Å². The Hall–Kier alpha value is -0.320. The Bertz CT molecular complexity index is 408. The summed E-state index contributed by atoms with van der Waals surface area (Å²) in [5.41, 5.74) is 0.0777. The topological polar surface area (TPSA) is 18.5 Å². The highest BCUT2D eigenvalue weighted by molar-refractivity contribution is 9.09. The van der Waals surface area contributed by atoms with Crippen molar-refractivity contribution in [2.45, 2.75) is 12.8 Å². The summed E-state index contributed by atoms with van der Waals surface area (Å²) >= 11 is 9.17. The molecule has 0 aromatic heterocycles. The van der Waals surface area contributed by atoms with Gasteiger partial charge in [0.05, 0.1) is 11.6 Å². The van der Waals surface area contributed by atoms with E-state index in [4.69, 9.17) is 21.1 Å². The van der Waals surface area contributed by atoms with Crippen LogP contribution in [0, 0.1) is 11.2 Å². The molecule has 0 bridgehead atoms. The summed E-state index contributed by atoms with van der Waals surface area (Å²) in [4.78, 5) is 0. The first-order chi connectivity index (χ1) is 8.65. The van der Waals surface area contributed by atoms with Crippen LogP contribution in [0.25, 0.3) is 0 Å². The predicted molar refractivity (Wildman–Crippen MR) is 73.2 cm³/mol. The van der Waals surface area contributed by atoms with Crippen molar-refractivity contribution < 1.29 is 13.9 Å². The zero-order chi connectivity index (χ0) is 13.0. The molecule has 1 fully saturated rings. The number of halogens is 3. The molecule has 1 heterocycles. The SMILES string of the molecule is Fc1cc(OCC2(CBr)CCOCC2)ccc1Cl. The maximum atomic E-state index is 13.3. The van der Waals surface area contributed by atoms with E-state index in [1.807, 2.05) is 0 Å². The fourth-order valence-corrected chi connectivity index (χ4v) is 2.76. The van der Waals surface area contributed by atoms with Gasteiger partial charge in [-0.3, -0.25) is 0 Å². The van der Waals surface area contributed by atoms with Crippen LogP contribution in [0.15, 0.2) is 18.2 Å². The summed E-state index contributed by atoms with van der Waals surface area (Å²) < 4.78 is 24.3. The quantitative estimate of drug-likeness (QED) is 0.772. The molecule has 1 saturated heterocycles. The molecule has 0 atom stereocenters. The lowest BCUT2D eigenvalue weighted by molar-refractivity contribution is 0.00349. The summed E-state index contributed by atoms with van der Waals surface area (Å²) in [5.74, 6) is 0.0674. The van der Waals surface area contributed by atoms with Gasteiger partial charge in [0.2, 0.25) is 0 Å². The van der Waals surface area contributed by atoms with Gasteiger partial charge < -0.3 is 9.47 Å². The highest BCUT2D eigenvalue weighted by atomic mass is 79.9. The van der Waals surface area contributed by atoms with Gasteiger partial charge >= 0.3 is 0 Å². The Morgan fingerprint density at radius 2 is 2.11 bits per heavy atom. The molecule has 2 rings (SSSR count). The largest absolute Gasteiger partial charge is 0.493 e. The van der Waals surface area contributed by atoms with Crippen molar-refractivity contribution in [3.8, 4) is 5.75 Å². The van der Waals surface area contributed by atoms with Crippen molar-refractivity contribution in [1.29, 1.82) is 0 Å². The van der Waals surface area contributed by atoms with Gasteiger partial charge in [-0.2, -0.15) is 0 Å². The number of hydrogen-bond acceptors (Lipinski definition) is 2. The summed E-state index contributed by atoms with van der Waals surface area (Å²) in [7, 11) is 0. The molecule has 0 spiro atoms. The lowest BCUT2D eigenvalue weighted by Gasteiger charge is -2.35. The highest BCUT2D eigenvalue weighted by Gasteiger charge is 2.32. The van der Waals surface area contributed by atoms with Crippen molar-refractivity contribution >= 4 is 27.5 Å². The summed E-state index contributed by atoms with van der Waals surface area (Å²) in [6, 6.07) is 4.52. The van der Waals surface area contributed by atoms with Crippen LogP contribution in [0.4, 0.5) is 4.39 Å². The van der Waals surface area contributed by atoms with E-state index >= 15 is 0 Å². The zero-order valence-corrected chi connectivity index (χ0v) is 12.3. The van der Waals surface area contributed by atoms with Crippen LogP contribution in [0.1, 0.15) is 12.8 Å². The zero-order valence-electron chi connectivity index (χ0n) is 9.93. The normalized spacial score (nSPS) is 18.6. The second-order valence-corrected chi connectivity index (χ2v) is 5.58. The Kier molecular flexibility index (Phi) is 4.87. The predicted octanol–water partition coefficient (Wildman–Crippen LogP) is 4.05. The first-order valence-electron chi connectivity index (χ1n) is 5.87. The van der Waals surface area contributed by atoms with Crippen LogP contribution in [-0.2, 0) is 4.74 Å². The molecule has 2 nitrogen and oxygen atoms in total. The molecular weight excluding hydrogens is 322 g/mol. The molecule has 0 radical (unpaired) electrons. The minimum Gasteiger partial charge on any atom is -0.493 e. The number of alkyl halides is 1. The fourth-order valence-electron chi connectivity index (χ4n) is 1.92. The molecule has 1 aliphatic rings. The van der Waals surface area contributed by atoms with Crippen molar-refractivity contribution in [1.82, 2.24) is 0 Å². The van der Waals surface area contributed by atoms with Crippen LogP contribution in [0.3, 0.4) is 0 Å². The molecule has 0 N–H and O–H groups in total. The number of hydrogen-bond donors (Lipinski definition) is 0. The van der Waals surface area contributed by atoms with Crippen LogP contribution in [-0.4, -0.2) is 25.2 Å². The molecule has 18 heavy (non-hydrogen) atoms. The van der Waals surface area contributed by atoms with Gasteiger partial charge in [-0.15, -0.1) is 0 Å². The summed E-state index contributed by atoms with van der Waals surface area (Å²) in [6.07, 6.45) is 1.91. The molecular formula is C13H15BrClFO2. The third-order valence-electron chi connectivity index (χ3n) is 3.27. The Morgan fingerprint density at radius 3 is 2.72 bits per heavy atom. The average molecular weight is 338 g/mol.